The molecule has 10 heteroatoms. The zero-order valence-electron chi connectivity index (χ0n) is 16.5. The van der Waals surface area contributed by atoms with Crippen LogP contribution in [0.1, 0.15) is 6.92 Å². The van der Waals surface area contributed by atoms with Crippen molar-refractivity contribution in [3.8, 4) is 17.4 Å². The third-order valence-corrected chi connectivity index (χ3v) is 4.49. The first-order valence-corrected chi connectivity index (χ1v) is 9.81. The number of ether oxygens (including phenoxy) is 2. The van der Waals surface area contributed by atoms with Crippen LogP contribution in [0, 0.1) is 0 Å². The zero-order valence-corrected chi connectivity index (χ0v) is 17.2. The molecule has 2 aromatic carbocycles. The van der Waals surface area contributed by atoms with Crippen molar-refractivity contribution in [3.63, 3.8) is 0 Å². The van der Waals surface area contributed by atoms with E-state index in [0.717, 1.165) is 4.68 Å². The van der Waals surface area contributed by atoms with Gasteiger partial charge >= 0.3 is 5.69 Å². The van der Waals surface area contributed by atoms with E-state index in [4.69, 9.17) is 21.1 Å². The monoisotopic (exact) mass is 439 g/mol. The second kappa shape index (κ2) is 8.88. The highest BCUT2D eigenvalue weighted by atomic mass is 35.5. The van der Waals surface area contributed by atoms with Crippen LogP contribution >= 0.6 is 11.6 Å². The third kappa shape index (κ3) is 4.67. The van der Waals surface area contributed by atoms with Gasteiger partial charge in [-0.05, 0) is 55.5 Å². The average Bonchev–Trinajstić information content (AvgIpc) is 3.08. The summed E-state index contributed by atoms with van der Waals surface area (Å²) in [6.07, 6.45) is 2.88. The molecule has 9 nitrogen and oxygen atoms in total. The van der Waals surface area contributed by atoms with Crippen molar-refractivity contribution in [1.82, 2.24) is 19.2 Å². The molecule has 158 valence electrons. The first-order chi connectivity index (χ1) is 15.0. The SMILES string of the molecule is CCOc1ccc(NC(=O)Cn2nc3c(Oc4ccc(Cl)cc4)nccn3c2=O)cc1. The summed E-state index contributed by atoms with van der Waals surface area (Å²) in [4.78, 5) is 29.2. The number of fused-ring (bicyclic) bond motifs is 1. The topological polar surface area (TPSA) is 99.8 Å². The zero-order chi connectivity index (χ0) is 21.8. The van der Waals surface area contributed by atoms with E-state index in [2.05, 4.69) is 15.4 Å². The Kier molecular flexibility index (Phi) is 5.85. The summed E-state index contributed by atoms with van der Waals surface area (Å²) in [6, 6.07) is 13.6. The molecule has 0 aliphatic heterocycles. The maximum absolute atomic E-state index is 12.6. The number of hydrogen-bond acceptors (Lipinski definition) is 6. The number of aromatic nitrogens is 4. The van der Waals surface area contributed by atoms with E-state index in [-0.39, 0.29) is 18.1 Å². The highest BCUT2D eigenvalue weighted by molar-refractivity contribution is 6.30. The van der Waals surface area contributed by atoms with E-state index in [0.29, 0.717) is 28.8 Å². The van der Waals surface area contributed by atoms with Crippen LogP contribution in [0.5, 0.6) is 17.4 Å². The molecule has 0 aliphatic rings. The predicted molar refractivity (Wildman–Crippen MR) is 115 cm³/mol. The highest BCUT2D eigenvalue weighted by Gasteiger charge is 2.16. The largest absolute Gasteiger partial charge is 0.494 e. The molecule has 0 saturated carbocycles. The lowest BCUT2D eigenvalue weighted by Crippen LogP contribution is -2.28. The lowest BCUT2D eigenvalue weighted by atomic mass is 10.3. The van der Waals surface area contributed by atoms with Gasteiger partial charge in [0.25, 0.3) is 5.88 Å². The summed E-state index contributed by atoms with van der Waals surface area (Å²) in [5.41, 5.74) is 0.287. The van der Waals surface area contributed by atoms with Crippen LogP contribution in [0.15, 0.2) is 65.7 Å². The number of nitrogens with zero attached hydrogens (tertiary/aromatic N) is 4. The van der Waals surface area contributed by atoms with Gasteiger partial charge in [-0.15, -0.1) is 5.10 Å². The van der Waals surface area contributed by atoms with Crippen molar-refractivity contribution in [2.24, 2.45) is 0 Å². The fourth-order valence-corrected chi connectivity index (χ4v) is 2.98. The maximum atomic E-state index is 12.6. The number of carbonyl (C=O) groups is 1. The van der Waals surface area contributed by atoms with Crippen molar-refractivity contribution in [1.29, 1.82) is 0 Å². The van der Waals surface area contributed by atoms with Gasteiger partial charge in [0.1, 0.15) is 18.0 Å². The van der Waals surface area contributed by atoms with Gasteiger partial charge in [0.05, 0.1) is 6.61 Å². The molecular weight excluding hydrogens is 422 g/mol. The van der Waals surface area contributed by atoms with Crippen molar-refractivity contribution in [3.05, 3.63) is 76.4 Å². The molecule has 0 atom stereocenters. The smallest absolute Gasteiger partial charge is 0.351 e. The van der Waals surface area contributed by atoms with Gasteiger partial charge in [0.2, 0.25) is 11.6 Å². The summed E-state index contributed by atoms with van der Waals surface area (Å²) in [7, 11) is 0. The van der Waals surface area contributed by atoms with Crippen LogP contribution in [0.3, 0.4) is 0 Å². The number of nitrogens with one attached hydrogen (secondary N) is 1. The first-order valence-electron chi connectivity index (χ1n) is 9.44. The molecule has 4 aromatic rings. The van der Waals surface area contributed by atoms with Crippen molar-refractivity contribution in [2.45, 2.75) is 13.5 Å². The molecule has 1 N–H and O–H groups in total. The Morgan fingerprint density at radius 2 is 1.81 bits per heavy atom. The molecule has 0 radical (unpaired) electrons. The normalized spacial score (nSPS) is 10.8. The van der Waals surface area contributed by atoms with Crippen LogP contribution in [0.25, 0.3) is 5.65 Å². The van der Waals surface area contributed by atoms with Crippen molar-refractivity contribution < 1.29 is 14.3 Å². The van der Waals surface area contributed by atoms with Crippen molar-refractivity contribution >= 4 is 28.8 Å². The van der Waals surface area contributed by atoms with Gasteiger partial charge in [0, 0.05) is 23.1 Å². The number of amides is 1. The van der Waals surface area contributed by atoms with Gasteiger partial charge in [-0.3, -0.25) is 4.79 Å². The Bertz CT molecular complexity index is 1270. The quantitative estimate of drug-likeness (QED) is 0.474. The molecule has 1 amide bonds. The summed E-state index contributed by atoms with van der Waals surface area (Å²) < 4.78 is 13.4. The number of benzene rings is 2. The second-order valence-corrected chi connectivity index (χ2v) is 6.86. The van der Waals surface area contributed by atoms with E-state index in [1.54, 1.807) is 48.5 Å². The molecule has 2 aromatic heterocycles. The van der Waals surface area contributed by atoms with Crippen LogP contribution in [0.2, 0.25) is 5.02 Å². The molecule has 0 unspecified atom stereocenters. The molecule has 0 bridgehead atoms. The molecule has 0 fully saturated rings. The number of halogens is 1. The minimum absolute atomic E-state index is 0.132. The average molecular weight is 440 g/mol. The minimum atomic E-state index is -0.486. The summed E-state index contributed by atoms with van der Waals surface area (Å²) in [6.45, 7) is 2.18. The van der Waals surface area contributed by atoms with E-state index in [1.807, 2.05) is 6.92 Å². The van der Waals surface area contributed by atoms with E-state index in [1.165, 1.54) is 16.8 Å². The summed E-state index contributed by atoms with van der Waals surface area (Å²) in [5, 5.41) is 7.51. The molecule has 31 heavy (non-hydrogen) atoms. The summed E-state index contributed by atoms with van der Waals surface area (Å²) >= 11 is 5.89. The molecule has 0 aliphatic carbocycles. The second-order valence-electron chi connectivity index (χ2n) is 6.43. The van der Waals surface area contributed by atoms with Gasteiger partial charge in [-0.1, -0.05) is 11.6 Å². The van der Waals surface area contributed by atoms with Gasteiger partial charge < -0.3 is 14.8 Å². The highest BCUT2D eigenvalue weighted by Crippen LogP contribution is 2.23. The van der Waals surface area contributed by atoms with Crippen LogP contribution in [-0.4, -0.2) is 31.7 Å². The van der Waals surface area contributed by atoms with Gasteiger partial charge in [-0.25, -0.2) is 18.9 Å². The molecule has 2 heterocycles. The fourth-order valence-electron chi connectivity index (χ4n) is 2.85. The van der Waals surface area contributed by atoms with Gasteiger partial charge in [-0.2, -0.15) is 0 Å². The standard InChI is InChI=1S/C21H18ClN5O4/c1-2-30-16-9-5-15(6-10-16)24-18(28)13-27-21(29)26-12-11-23-20(19(26)25-27)31-17-7-3-14(22)4-8-17/h3-12H,2,13H2,1H3,(H,24,28). The molecule has 0 spiro atoms. The third-order valence-electron chi connectivity index (χ3n) is 4.24. The fraction of sp³-hybridized carbons (Fsp3) is 0.143. The number of anilines is 1. The van der Waals surface area contributed by atoms with E-state index >= 15 is 0 Å². The summed E-state index contributed by atoms with van der Waals surface area (Å²) in [5.74, 6) is 0.924. The van der Waals surface area contributed by atoms with Gasteiger partial charge in [0.15, 0.2) is 0 Å². The predicted octanol–water partition coefficient (Wildman–Crippen LogP) is 3.37. The Labute approximate surface area is 181 Å². The van der Waals surface area contributed by atoms with E-state index in [9.17, 15) is 9.59 Å². The Morgan fingerprint density at radius 1 is 1.10 bits per heavy atom. The van der Waals surface area contributed by atoms with Crippen molar-refractivity contribution in [2.75, 3.05) is 11.9 Å². The molecule has 0 saturated heterocycles. The minimum Gasteiger partial charge on any atom is -0.494 e. The Balaban J connectivity index is 1.52. The number of carbonyl (C=O) groups excluding carboxylic acids is 1. The van der Waals surface area contributed by atoms with E-state index < -0.39 is 11.6 Å². The lowest BCUT2D eigenvalue weighted by Gasteiger charge is -2.06. The van der Waals surface area contributed by atoms with Crippen LogP contribution in [-0.2, 0) is 11.3 Å². The van der Waals surface area contributed by atoms with Crippen LogP contribution < -0.4 is 20.5 Å². The first kappa shape index (κ1) is 20.4. The Hall–Kier alpha value is -3.85. The number of hydrogen-bond donors (Lipinski definition) is 1. The molecule has 4 rings (SSSR count). The Morgan fingerprint density at radius 3 is 2.52 bits per heavy atom. The number of rotatable bonds is 7. The lowest BCUT2D eigenvalue weighted by molar-refractivity contribution is -0.117. The van der Waals surface area contributed by atoms with Crippen LogP contribution in [0.4, 0.5) is 5.69 Å². The molecular formula is C21H18ClN5O4. The maximum Gasteiger partial charge on any atom is 0.351 e.